The van der Waals surface area contributed by atoms with Gasteiger partial charge in [0.2, 0.25) is 0 Å². The Hall–Kier alpha value is -4.16. The Morgan fingerprint density at radius 1 is 0.885 bits per heavy atom. The third kappa shape index (κ3) is 2.62. The molecule has 26 heavy (non-hydrogen) atoms. The van der Waals surface area contributed by atoms with Crippen LogP contribution in [0.1, 0.15) is 11.1 Å². The fourth-order valence-electron chi connectivity index (χ4n) is 2.88. The fourth-order valence-corrected chi connectivity index (χ4v) is 2.88. The molecule has 6 nitrogen and oxygen atoms in total. The number of hydrogen-bond donors (Lipinski definition) is 2. The van der Waals surface area contributed by atoms with Gasteiger partial charge in [-0.15, -0.1) is 0 Å². The van der Waals surface area contributed by atoms with Crippen LogP contribution in [0.4, 0.5) is 11.4 Å². The Balaban J connectivity index is 1.87. The van der Waals surface area contributed by atoms with Crippen molar-refractivity contribution in [3.8, 4) is 23.3 Å². The van der Waals surface area contributed by atoms with Crippen LogP contribution < -0.4 is 5.32 Å². The lowest BCUT2D eigenvalue weighted by Gasteiger charge is -2.14. The van der Waals surface area contributed by atoms with Gasteiger partial charge in [0.05, 0.1) is 16.8 Å². The predicted molar refractivity (Wildman–Crippen MR) is 98.5 cm³/mol. The quantitative estimate of drug-likeness (QED) is 0.586. The van der Waals surface area contributed by atoms with Crippen LogP contribution in [0.3, 0.4) is 0 Å². The van der Waals surface area contributed by atoms with E-state index in [1.807, 2.05) is 30.5 Å². The van der Waals surface area contributed by atoms with Crippen molar-refractivity contribution in [3.05, 3.63) is 72.4 Å². The van der Waals surface area contributed by atoms with Gasteiger partial charge in [-0.25, -0.2) is 0 Å². The van der Waals surface area contributed by atoms with Gasteiger partial charge in [0.25, 0.3) is 0 Å². The summed E-state index contributed by atoms with van der Waals surface area (Å²) in [6, 6.07) is 13.9. The van der Waals surface area contributed by atoms with E-state index in [0.29, 0.717) is 27.9 Å². The number of aromatic nitrogens is 3. The molecule has 0 atom stereocenters. The molecule has 1 aromatic carbocycles. The van der Waals surface area contributed by atoms with Crippen LogP contribution >= 0.6 is 0 Å². The van der Waals surface area contributed by atoms with E-state index < -0.39 is 0 Å². The zero-order chi connectivity index (χ0) is 17.9. The lowest BCUT2D eigenvalue weighted by atomic mass is 10.00. The molecule has 0 aliphatic rings. The van der Waals surface area contributed by atoms with Crippen molar-refractivity contribution in [1.82, 2.24) is 15.0 Å². The highest BCUT2D eigenvalue weighted by Crippen LogP contribution is 2.34. The average Bonchev–Trinajstić information content (AvgIpc) is 3.16. The molecule has 2 N–H and O–H groups in total. The number of rotatable bonds is 3. The summed E-state index contributed by atoms with van der Waals surface area (Å²) in [5.41, 5.74) is 4.67. The minimum absolute atomic E-state index is 0.400. The van der Waals surface area contributed by atoms with Gasteiger partial charge in [-0.1, -0.05) is 0 Å². The van der Waals surface area contributed by atoms with E-state index in [0.717, 1.165) is 16.6 Å². The number of nitrogens with zero attached hydrogens (tertiary/aromatic N) is 4. The number of pyridine rings is 2. The molecule has 0 spiro atoms. The summed E-state index contributed by atoms with van der Waals surface area (Å²) in [6.45, 7) is 0. The molecule has 0 fully saturated rings. The molecule has 0 bridgehead atoms. The van der Waals surface area contributed by atoms with Crippen LogP contribution in [-0.2, 0) is 0 Å². The molecule has 0 aliphatic heterocycles. The third-order valence-electron chi connectivity index (χ3n) is 4.12. The number of H-pyrrole nitrogens is 1. The Kier molecular flexibility index (Phi) is 3.78. The van der Waals surface area contributed by atoms with Gasteiger partial charge in [0, 0.05) is 58.7 Å². The molecule has 0 saturated heterocycles. The molecule has 0 aliphatic carbocycles. The smallest absolute Gasteiger partial charge is 0.103 e. The van der Waals surface area contributed by atoms with Crippen molar-refractivity contribution in [3.63, 3.8) is 0 Å². The van der Waals surface area contributed by atoms with Crippen LogP contribution in [-0.4, -0.2) is 15.0 Å². The number of benzene rings is 1. The maximum atomic E-state index is 9.52. The molecule has 3 heterocycles. The lowest BCUT2D eigenvalue weighted by molar-refractivity contribution is 1.27. The summed E-state index contributed by atoms with van der Waals surface area (Å²) in [7, 11) is 0. The van der Waals surface area contributed by atoms with Crippen LogP contribution in [0.15, 0.2) is 61.3 Å². The van der Waals surface area contributed by atoms with Crippen molar-refractivity contribution < 1.29 is 0 Å². The van der Waals surface area contributed by atoms with Gasteiger partial charge in [-0.05, 0) is 30.3 Å². The van der Waals surface area contributed by atoms with Crippen molar-refractivity contribution in [2.45, 2.75) is 0 Å². The summed E-state index contributed by atoms with van der Waals surface area (Å²) >= 11 is 0. The number of nitriles is 2. The minimum Gasteiger partial charge on any atom is -0.361 e. The monoisotopic (exact) mass is 336 g/mol. The molecule has 4 aromatic rings. The van der Waals surface area contributed by atoms with Gasteiger partial charge >= 0.3 is 0 Å². The van der Waals surface area contributed by atoms with E-state index in [1.165, 1.54) is 12.4 Å². The van der Waals surface area contributed by atoms with Crippen molar-refractivity contribution >= 4 is 22.3 Å². The Morgan fingerprint density at radius 3 is 2.58 bits per heavy atom. The first kappa shape index (κ1) is 15.4. The van der Waals surface area contributed by atoms with Gasteiger partial charge in [0.15, 0.2) is 0 Å². The average molecular weight is 336 g/mol. The van der Waals surface area contributed by atoms with E-state index in [4.69, 9.17) is 0 Å². The van der Waals surface area contributed by atoms with E-state index in [1.54, 1.807) is 18.5 Å². The van der Waals surface area contributed by atoms with Gasteiger partial charge in [-0.3, -0.25) is 9.97 Å². The minimum atomic E-state index is 0.400. The molecule has 3 aromatic heterocycles. The fraction of sp³-hybridized carbons (Fsp3) is 0. The first-order valence-corrected chi connectivity index (χ1v) is 7.87. The second-order valence-corrected chi connectivity index (χ2v) is 5.66. The summed E-state index contributed by atoms with van der Waals surface area (Å²) in [5.74, 6) is 0. The van der Waals surface area contributed by atoms with E-state index in [2.05, 4.69) is 32.4 Å². The maximum absolute atomic E-state index is 9.52. The SMILES string of the molecule is N#Cc1cnccc1-c1cncc(C#N)c1Nc1ccc2[nH]ccc2c1. The highest BCUT2D eigenvalue weighted by Gasteiger charge is 2.14. The molecule has 0 radical (unpaired) electrons. The number of nitrogens with one attached hydrogen (secondary N) is 2. The van der Waals surface area contributed by atoms with Gasteiger partial charge in [0.1, 0.15) is 12.1 Å². The molecule has 0 unspecified atom stereocenters. The summed E-state index contributed by atoms with van der Waals surface area (Å²) in [4.78, 5) is 11.3. The van der Waals surface area contributed by atoms with Crippen molar-refractivity contribution in [1.29, 1.82) is 10.5 Å². The normalized spacial score (nSPS) is 10.2. The molecular weight excluding hydrogens is 324 g/mol. The number of aromatic amines is 1. The zero-order valence-electron chi connectivity index (χ0n) is 13.6. The summed E-state index contributed by atoms with van der Waals surface area (Å²) < 4.78 is 0. The highest BCUT2D eigenvalue weighted by molar-refractivity contribution is 5.89. The Labute approximate surface area is 149 Å². The number of anilines is 2. The summed E-state index contributed by atoms with van der Waals surface area (Å²) in [6.07, 6.45) is 8.15. The molecule has 6 heteroatoms. The predicted octanol–water partition coefficient (Wildman–Crippen LogP) is 4.11. The number of hydrogen-bond acceptors (Lipinski definition) is 5. The van der Waals surface area contributed by atoms with Gasteiger partial charge < -0.3 is 10.3 Å². The molecule has 0 saturated carbocycles. The Bertz CT molecular complexity index is 1190. The van der Waals surface area contributed by atoms with Crippen molar-refractivity contribution in [2.24, 2.45) is 0 Å². The van der Waals surface area contributed by atoms with Crippen molar-refractivity contribution in [2.75, 3.05) is 5.32 Å². The van der Waals surface area contributed by atoms with Gasteiger partial charge in [-0.2, -0.15) is 10.5 Å². The van der Waals surface area contributed by atoms with Crippen LogP contribution in [0, 0.1) is 22.7 Å². The molecule has 4 rings (SSSR count). The number of fused-ring (bicyclic) bond motifs is 1. The van der Waals surface area contributed by atoms with Crippen LogP contribution in [0.2, 0.25) is 0 Å². The zero-order valence-corrected chi connectivity index (χ0v) is 13.6. The van der Waals surface area contributed by atoms with Crippen LogP contribution in [0.25, 0.3) is 22.0 Å². The second-order valence-electron chi connectivity index (χ2n) is 5.66. The maximum Gasteiger partial charge on any atom is 0.103 e. The lowest BCUT2D eigenvalue weighted by Crippen LogP contribution is -1.99. The first-order valence-electron chi connectivity index (χ1n) is 7.87. The van der Waals surface area contributed by atoms with E-state index >= 15 is 0 Å². The Morgan fingerprint density at radius 2 is 1.73 bits per heavy atom. The molecular formula is C20H12N6. The van der Waals surface area contributed by atoms with E-state index in [-0.39, 0.29) is 0 Å². The van der Waals surface area contributed by atoms with E-state index in [9.17, 15) is 10.5 Å². The molecule has 122 valence electrons. The second kappa shape index (κ2) is 6.39. The van der Waals surface area contributed by atoms with Crippen LogP contribution in [0.5, 0.6) is 0 Å². The largest absolute Gasteiger partial charge is 0.361 e. The third-order valence-corrected chi connectivity index (χ3v) is 4.12. The standard InChI is InChI=1S/C20H12N6/c21-8-14-10-23-5-4-17(14)18-12-24-11-15(9-22)20(18)26-16-1-2-19-13(7-16)3-6-25-19/h1-7,10-12,25H,(H,24,26). The molecule has 0 amide bonds. The first-order chi connectivity index (χ1) is 12.8. The summed E-state index contributed by atoms with van der Waals surface area (Å²) in [5, 5.41) is 23.3. The highest BCUT2D eigenvalue weighted by atomic mass is 14.9. The topological polar surface area (TPSA) is 101 Å².